The van der Waals surface area contributed by atoms with Gasteiger partial charge in [-0.1, -0.05) is 18.2 Å². The molecule has 0 saturated heterocycles. The normalized spacial score (nSPS) is 10.8. The highest BCUT2D eigenvalue weighted by molar-refractivity contribution is 7.22. The van der Waals surface area contributed by atoms with E-state index in [2.05, 4.69) is 0 Å². The molecule has 0 radical (unpaired) electrons. The lowest BCUT2D eigenvalue weighted by Crippen LogP contribution is -2.07. The zero-order chi connectivity index (χ0) is 11.5. The first-order chi connectivity index (χ1) is 7.77. The summed E-state index contributed by atoms with van der Waals surface area (Å²) in [6, 6.07) is 9.04. The number of carbonyl (C=O) groups is 1. The van der Waals surface area contributed by atoms with E-state index in [4.69, 9.17) is 4.74 Å². The molecule has 0 unspecified atom stereocenters. The number of hydrogen-bond donors (Lipinski definition) is 0. The van der Waals surface area contributed by atoms with Crippen LogP contribution >= 0.6 is 8.61 Å². The lowest BCUT2D eigenvalue weighted by atomic mass is 10.2. The summed E-state index contributed by atoms with van der Waals surface area (Å²) in [5, 5.41) is 0.869. The van der Waals surface area contributed by atoms with Crippen molar-refractivity contribution in [2.45, 2.75) is 6.92 Å². The van der Waals surface area contributed by atoms with Gasteiger partial charge >= 0.3 is 5.97 Å². The fourth-order valence-corrected chi connectivity index (χ4v) is 2.08. The number of nitrogens with zero attached hydrogens (tertiary/aromatic N) is 1. The summed E-state index contributed by atoms with van der Waals surface area (Å²) < 4.78 is 17.4. The highest BCUT2D eigenvalue weighted by atomic mass is 31.1. The number of rotatable bonds is 3. The van der Waals surface area contributed by atoms with Crippen molar-refractivity contribution in [3.63, 3.8) is 0 Å². The Bertz CT molecular complexity index is 547. The first kappa shape index (κ1) is 10.8. The minimum Gasteiger partial charge on any atom is -0.461 e. The molecule has 0 bridgehead atoms. The molecule has 0 N–H and O–H groups in total. The predicted molar refractivity (Wildman–Crippen MR) is 60.9 cm³/mol. The standard InChI is InChI=1S/C11H10NO3P/c1-2-15-11(13)10-7-8-5-3-4-6-9(8)12(10)16-14/h3-7H,2H2,1H3. The molecule has 1 aromatic heterocycles. The van der Waals surface area contributed by atoms with Crippen LogP contribution < -0.4 is 0 Å². The van der Waals surface area contributed by atoms with Gasteiger partial charge in [-0.05, 0) is 19.1 Å². The van der Waals surface area contributed by atoms with Gasteiger partial charge in [-0.2, -0.15) is 0 Å². The summed E-state index contributed by atoms with van der Waals surface area (Å²) in [5.74, 6) is -0.456. The second-order valence-electron chi connectivity index (χ2n) is 3.20. The fourth-order valence-electron chi connectivity index (χ4n) is 1.58. The van der Waals surface area contributed by atoms with E-state index in [9.17, 15) is 9.36 Å². The first-order valence-corrected chi connectivity index (χ1v) is 5.65. The number of aromatic nitrogens is 1. The molecule has 5 heteroatoms. The van der Waals surface area contributed by atoms with Gasteiger partial charge in [-0.3, -0.25) is 4.34 Å². The smallest absolute Gasteiger partial charge is 0.355 e. The van der Waals surface area contributed by atoms with Crippen LogP contribution in [0, 0.1) is 0 Å². The quantitative estimate of drug-likeness (QED) is 0.607. The van der Waals surface area contributed by atoms with Gasteiger partial charge in [-0.15, -0.1) is 0 Å². The molecule has 2 aromatic rings. The maximum atomic E-state index is 11.6. The molecule has 16 heavy (non-hydrogen) atoms. The largest absolute Gasteiger partial charge is 0.461 e. The molecule has 0 fully saturated rings. The van der Waals surface area contributed by atoms with Gasteiger partial charge in [0, 0.05) is 5.39 Å². The molecule has 0 amide bonds. The van der Waals surface area contributed by atoms with Crippen LogP contribution in [0.3, 0.4) is 0 Å². The Hall–Kier alpha value is -1.67. The van der Waals surface area contributed by atoms with Crippen LogP contribution in [-0.2, 0) is 9.30 Å². The van der Waals surface area contributed by atoms with Crippen LogP contribution in [0.5, 0.6) is 0 Å². The van der Waals surface area contributed by atoms with E-state index >= 15 is 0 Å². The van der Waals surface area contributed by atoms with E-state index in [1.807, 2.05) is 24.3 Å². The highest BCUT2D eigenvalue weighted by Crippen LogP contribution is 2.24. The molecule has 0 aliphatic heterocycles. The Kier molecular flexibility index (Phi) is 3.02. The molecule has 4 nitrogen and oxygen atoms in total. The third-order valence-corrected chi connectivity index (χ3v) is 2.85. The molecule has 0 aliphatic rings. The number of para-hydroxylation sites is 1. The Balaban J connectivity index is 2.60. The van der Waals surface area contributed by atoms with Gasteiger partial charge in [0.15, 0.2) is 0 Å². The van der Waals surface area contributed by atoms with Crippen LogP contribution in [0.1, 0.15) is 17.4 Å². The summed E-state index contributed by atoms with van der Waals surface area (Å²) in [4.78, 5) is 11.6. The lowest BCUT2D eigenvalue weighted by molar-refractivity contribution is 0.0519. The highest BCUT2D eigenvalue weighted by Gasteiger charge is 2.16. The van der Waals surface area contributed by atoms with Gasteiger partial charge in [-0.25, -0.2) is 9.36 Å². The third kappa shape index (κ3) is 1.72. The molecule has 0 atom stereocenters. The number of benzene rings is 1. The van der Waals surface area contributed by atoms with Gasteiger partial charge in [0.1, 0.15) is 5.69 Å². The minimum absolute atomic E-state index is 0.239. The number of fused-ring (bicyclic) bond motifs is 1. The summed E-state index contributed by atoms with van der Waals surface area (Å²) in [7, 11) is -0.239. The van der Waals surface area contributed by atoms with E-state index in [-0.39, 0.29) is 8.61 Å². The predicted octanol–water partition coefficient (Wildman–Crippen LogP) is 2.87. The molecule has 0 aliphatic carbocycles. The van der Waals surface area contributed by atoms with E-state index < -0.39 is 5.97 Å². The Morgan fingerprint density at radius 1 is 1.44 bits per heavy atom. The second kappa shape index (κ2) is 4.45. The van der Waals surface area contributed by atoms with Crippen LogP contribution in [0.4, 0.5) is 0 Å². The second-order valence-corrected chi connectivity index (χ2v) is 3.77. The van der Waals surface area contributed by atoms with Crippen molar-refractivity contribution >= 4 is 25.5 Å². The lowest BCUT2D eigenvalue weighted by Gasteiger charge is -2.01. The van der Waals surface area contributed by atoms with E-state index in [1.165, 1.54) is 4.34 Å². The van der Waals surface area contributed by atoms with Crippen molar-refractivity contribution in [1.82, 2.24) is 4.34 Å². The van der Waals surface area contributed by atoms with Crippen molar-refractivity contribution in [1.29, 1.82) is 0 Å². The van der Waals surface area contributed by atoms with E-state index in [1.54, 1.807) is 13.0 Å². The first-order valence-electron chi connectivity index (χ1n) is 4.89. The number of hydrogen-bond acceptors (Lipinski definition) is 3. The summed E-state index contributed by atoms with van der Waals surface area (Å²) >= 11 is 0. The third-order valence-electron chi connectivity index (χ3n) is 2.25. The van der Waals surface area contributed by atoms with E-state index in [0.717, 1.165) is 10.9 Å². The van der Waals surface area contributed by atoms with Crippen molar-refractivity contribution in [3.05, 3.63) is 36.0 Å². The molecule has 1 heterocycles. The Labute approximate surface area is 94.1 Å². The van der Waals surface area contributed by atoms with Gasteiger partial charge in [0.25, 0.3) is 8.61 Å². The van der Waals surface area contributed by atoms with Gasteiger partial charge in [0.05, 0.1) is 12.1 Å². The zero-order valence-electron chi connectivity index (χ0n) is 8.71. The average molecular weight is 235 g/mol. The monoisotopic (exact) mass is 235 g/mol. The SMILES string of the molecule is CCOC(=O)c1cc2ccccc2n1P=O. The zero-order valence-corrected chi connectivity index (χ0v) is 9.61. The van der Waals surface area contributed by atoms with Crippen molar-refractivity contribution in [2.24, 2.45) is 0 Å². The Morgan fingerprint density at radius 2 is 2.19 bits per heavy atom. The number of carbonyl (C=O) groups excluding carboxylic acids is 1. The van der Waals surface area contributed by atoms with Crippen molar-refractivity contribution < 1.29 is 14.1 Å². The Morgan fingerprint density at radius 3 is 2.88 bits per heavy atom. The molecule has 0 saturated carbocycles. The minimum atomic E-state index is -0.456. The molecule has 2 rings (SSSR count). The number of esters is 1. The summed E-state index contributed by atoms with van der Waals surface area (Å²) in [6.07, 6.45) is 0. The van der Waals surface area contributed by atoms with Crippen LogP contribution in [0.15, 0.2) is 30.3 Å². The fraction of sp³-hybridized carbons (Fsp3) is 0.182. The molecular weight excluding hydrogens is 225 g/mol. The average Bonchev–Trinajstić information content (AvgIpc) is 2.67. The summed E-state index contributed by atoms with van der Waals surface area (Å²) in [6.45, 7) is 2.04. The van der Waals surface area contributed by atoms with Crippen molar-refractivity contribution in [2.75, 3.05) is 6.61 Å². The maximum absolute atomic E-state index is 11.6. The van der Waals surface area contributed by atoms with E-state index in [0.29, 0.717) is 12.3 Å². The van der Waals surface area contributed by atoms with Crippen LogP contribution in [0.25, 0.3) is 10.9 Å². The topological polar surface area (TPSA) is 48.3 Å². The molecule has 1 aromatic carbocycles. The van der Waals surface area contributed by atoms with Gasteiger partial charge in [0.2, 0.25) is 0 Å². The molecule has 0 spiro atoms. The molecule has 82 valence electrons. The molecular formula is C11H10NO3P. The van der Waals surface area contributed by atoms with Crippen molar-refractivity contribution in [3.8, 4) is 0 Å². The van der Waals surface area contributed by atoms with Crippen LogP contribution in [-0.4, -0.2) is 16.9 Å². The van der Waals surface area contributed by atoms with Crippen LogP contribution in [0.2, 0.25) is 0 Å². The number of ether oxygens (including phenoxy) is 1. The van der Waals surface area contributed by atoms with Gasteiger partial charge < -0.3 is 4.74 Å². The maximum Gasteiger partial charge on any atom is 0.355 e. The summed E-state index contributed by atoms with van der Waals surface area (Å²) in [5.41, 5.74) is 1.06.